The van der Waals surface area contributed by atoms with Gasteiger partial charge in [-0.1, -0.05) is 6.42 Å². The lowest BCUT2D eigenvalue weighted by Crippen LogP contribution is -2.59. The molecule has 1 saturated carbocycles. The molecule has 5 nitrogen and oxygen atoms in total. The highest BCUT2D eigenvalue weighted by Crippen LogP contribution is 2.27. The maximum absolute atomic E-state index is 14.0. The Morgan fingerprint density at radius 3 is 2.88 bits per heavy atom. The maximum Gasteiger partial charge on any atom is 0.256 e. The molecule has 0 aromatic heterocycles. The van der Waals surface area contributed by atoms with Gasteiger partial charge in [0.25, 0.3) is 5.91 Å². The fourth-order valence-electron chi connectivity index (χ4n) is 3.31. The molecule has 132 valence electrons. The molecular formula is C18H25FN2O3. The molecule has 1 saturated heterocycles. The molecule has 1 aromatic rings. The van der Waals surface area contributed by atoms with Crippen molar-refractivity contribution >= 4 is 5.91 Å². The normalized spacial score (nSPS) is 24.8. The van der Waals surface area contributed by atoms with Crippen LogP contribution in [0.25, 0.3) is 0 Å². The van der Waals surface area contributed by atoms with E-state index in [-0.39, 0.29) is 24.8 Å². The van der Waals surface area contributed by atoms with Gasteiger partial charge >= 0.3 is 0 Å². The number of hydrogen-bond donors (Lipinski definition) is 2. The van der Waals surface area contributed by atoms with Crippen LogP contribution in [0.15, 0.2) is 18.2 Å². The third-order valence-corrected chi connectivity index (χ3v) is 5.11. The molecular weight excluding hydrogens is 311 g/mol. The monoisotopic (exact) mass is 336 g/mol. The van der Waals surface area contributed by atoms with Gasteiger partial charge < -0.3 is 20.1 Å². The number of nitrogens with one attached hydrogen (secondary N) is 1. The minimum absolute atomic E-state index is 0.146. The number of likely N-dealkylation sites (tertiary alicyclic amines) is 1. The molecule has 1 amide bonds. The maximum atomic E-state index is 14.0. The van der Waals surface area contributed by atoms with Gasteiger partial charge in [-0.2, -0.15) is 0 Å². The Balaban J connectivity index is 1.68. The molecule has 24 heavy (non-hydrogen) atoms. The lowest BCUT2D eigenvalue weighted by Gasteiger charge is -2.40. The summed E-state index contributed by atoms with van der Waals surface area (Å²) in [5.74, 6) is -0.133. The summed E-state index contributed by atoms with van der Waals surface area (Å²) in [6.45, 7) is 0.947. The van der Waals surface area contributed by atoms with Gasteiger partial charge in [0, 0.05) is 31.2 Å². The first-order valence-corrected chi connectivity index (χ1v) is 8.59. The minimum atomic E-state index is -1.39. The van der Waals surface area contributed by atoms with Gasteiger partial charge in [-0.15, -0.1) is 0 Å². The van der Waals surface area contributed by atoms with Gasteiger partial charge in [-0.25, -0.2) is 4.39 Å². The molecule has 2 fully saturated rings. The molecule has 2 N–H and O–H groups in total. The van der Waals surface area contributed by atoms with Crippen molar-refractivity contribution in [3.05, 3.63) is 29.6 Å². The minimum Gasteiger partial charge on any atom is -0.497 e. The highest BCUT2D eigenvalue weighted by atomic mass is 19.1. The Bertz CT molecular complexity index is 606. The van der Waals surface area contributed by atoms with Gasteiger partial charge in [0.15, 0.2) is 5.60 Å². The zero-order chi connectivity index (χ0) is 17.2. The van der Waals surface area contributed by atoms with E-state index in [9.17, 15) is 14.3 Å². The molecule has 0 spiro atoms. The predicted octanol–water partition coefficient (Wildman–Crippen LogP) is 1.83. The molecule has 0 bridgehead atoms. The summed E-state index contributed by atoms with van der Waals surface area (Å²) in [4.78, 5) is 14.3. The predicted molar refractivity (Wildman–Crippen MR) is 88.2 cm³/mol. The summed E-state index contributed by atoms with van der Waals surface area (Å²) in [6.07, 6.45) is 4.56. The first kappa shape index (κ1) is 17.2. The van der Waals surface area contributed by atoms with E-state index in [0.29, 0.717) is 36.7 Å². The van der Waals surface area contributed by atoms with E-state index in [1.807, 2.05) is 0 Å². The van der Waals surface area contributed by atoms with Crippen LogP contribution in [-0.4, -0.2) is 47.8 Å². The third kappa shape index (κ3) is 3.54. The van der Waals surface area contributed by atoms with Crippen LogP contribution in [0.2, 0.25) is 0 Å². The van der Waals surface area contributed by atoms with Crippen molar-refractivity contribution in [2.45, 2.75) is 50.3 Å². The number of nitrogens with zero attached hydrogens (tertiary/aromatic N) is 1. The van der Waals surface area contributed by atoms with Crippen LogP contribution in [0.4, 0.5) is 4.39 Å². The molecule has 0 unspecified atom stereocenters. The number of hydrogen-bond acceptors (Lipinski definition) is 4. The zero-order valence-corrected chi connectivity index (χ0v) is 14.1. The van der Waals surface area contributed by atoms with Gasteiger partial charge in [0.2, 0.25) is 0 Å². The van der Waals surface area contributed by atoms with Crippen LogP contribution >= 0.6 is 0 Å². The number of rotatable bonds is 6. The third-order valence-electron chi connectivity index (χ3n) is 5.11. The standard InChI is InChI=1S/C18H25FN2O3/c1-24-15-6-7-16(19)13(10-15)11-21-9-3-8-18(23,17(21)22)12-20-14-4-2-5-14/h6-7,10,14,20,23H,2-5,8-9,11-12H2,1H3/t18-/m0/s1. The van der Waals surface area contributed by atoms with Crippen molar-refractivity contribution in [2.75, 3.05) is 20.2 Å². The van der Waals surface area contributed by atoms with Gasteiger partial charge in [-0.05, 0) is 43.9 Å². The molecule has 1 aromatic carbocycles. The van der Waals surface area contributed by atoms with Crippen molar-refractivity contribution in [3.63, 3.8) is 0 Å². The van der Waals surface area contributed by atoms with Crippen LogP contribution in [-0.2, 0) is 11.3 Å². The largest absolute Gasteiger partial charge is 0.497 e. The summed E-state index contributed by atoms with van der Waals surface area (Å²) >= 11 is 0. The smallest absolute Gasteiger partial charge is 0.256 e. The van der Waals surface area contributed by atoms with Crippen molar-refractivity contribution in [1.29, 1.82) is 0 Å². The average molecular weight is 336 g/mol. The van der Waals surface area contributed by atoms with Gasteiger partial charge in [0.1, 0.15) is 11.6 Å². The Hall–Kier alpha value is -1.66. The molecule has 2 aliphatic rings. The van der Waals surface area contributed by atoms with Crippen LogP contribution in [0.5, 0.6) is 5.75 Å². The second-order valence-electron chi connectivity index (χ2n) is 6.83. The van der Waals surface area contributed by atoms with Crippen molar-refractivity contribution in [1.82, 2.24) is 10.2 Å². The van der Waals surface area contributed by atoms with Crippen molar-refractivity contribution < 1.29 is 19.0 Å². The number of aliphatic hydroxyl groups is 1. The highest BCUT2D eigenvalue weighted by molar-refractivity contribution is 5.86. The lowest BCUT2D eigenvalue weighted by molar-refractivity contribution is -0.157. The summed E-state index contributed by atoms with van der Waals surface area (Å²) in [6, 6.07) is 4.90. The van der Waals surface area contributed by atoms with E-state index < -0.39 is 5.60 Å². The van der Waals surface area contributed by atoms with E-state index in [4.69, 9.17) is 4.74 Å². The number of carbonyl (C=O) groups is 1. The summed E-state index contributed by atoms with van der Waals surface area (Å²) in [7, 11) is 1.52. The molecule has 6 heteroatoms. The number of carbonyl (C=O) groups excluding carboxylic acids is 1. The van der Waals surface area contributed by atoms with E-state index in [1.165, 1.54) is 19.6 Å². The topological polar surface area (TPSA) is 61.8 Å². The molecule has 1 aliphatic carbocycles. The number of ether oxygens (including phenoxy) is 1. The van der Waals surface area contributed by atoms with E-state index in [0.717, 1.165) is 12.8 Å². The Morgan fingerprint density at radius 2 is 2.21 bits per heavy atom. The van der Waals surface area contributed by atoms with Crippen LogP contribution < -0.4 is 10.1 Å². The highest BCUT2D eigenvalue weighted by Gasteiger charge is 2.42. The number of halogens is 1. The number of methoxy groups -OCH3 is 1. The second kappa shape index (κ2) is 7.07. The van der Waals surface area contributed by atoms with Gasteiger partial charge in [-0.3, -0.25) is 4.79 Å². The first-order valence-electron chi connectivity index (χ1n) is 8.59. The Labute approximate surface area is 141 Å². The number of piperidine rings is 1. The molecule has 0 radical (unpaired) electrons. The molecule has 3 rings (SSSR count). The first-order chi connectivity index (χ1) is 11.5. The lowest BCUT2D eigenvalue weighted by atomic mass is 9.88. The molecule has 1 atom stereocenters. The number of benzene rings is 1. The summed E-state index contributed by atoms with van der Waals surface area (Å²) in [5.41, 5.74) is -0.984. The SMILES string of the molecule is COc1ccc(F)c(CN2CCC[C@](O)(CNC3CCC3)C2=O)c1. The quantitative estimate of drug-likeness (QED) is 0.832. The van der Waals surface area contributed by atoms with Crippen LogP contribution in [0.1, 0.15) is 37.7 Å². The molecule has 1 heterocycles. The van der Waals surface area contributed by atoms with Crippen molar-refractivity contribution in [3.8, 4) is 5.75 Å². The molecule has 1 aliphatic heterocycles. The zero-order valence-electron chi connectivity index (χ0n) is 14.1. The average Bonchev–Trinajstić information content (AvgIpc) is 2.52. The Morgan fingerprint density at radius 1 is 1.42 bits per heavy atom. The van der Waals surface area contributed by atoms with E-state index in [1.54, 1.807) is 17.0 Å². The summed E-state index contributed by atoms with van der Waals surface area (Å²) < 4.78 is 19.1. The fraction of sp³-hybridized carbons (Fsp3) is 0.611. The second-order valence-corrected chi connectivity index (χ2v) is 6.83. The fourth-order valence-corrected chi connectivity index (χ4v) is 3.31. The van der Waals surface area contributed by atoms with E-state index >= 15 is 0 Å². The van der Waals surface area contributed by atoms with Gasteiger partial charge in [0.05, 0.1) is 7.11 Å². The van der Waals surface area contributed by atoms with Crippen LogP contribution in [0.3, 0.4) is 0 Å². The van der Waals surface area contributed by atoms with Crippen LogP contribution in [0, 0.1) is 5.82 Å². The Kier molecular flexibility index (Phi) is 5.06. The number of amides is 1. The summed E-state index contributed by atoms with van der Waals surface area (Å²) in [5, 5.41) is 14.0. The van der Waals surface area contributed by atoms with Crippen molar-refractivity contribution in [2.24, 2.45) is 0 Å². The van der Waals surface area contributed by atoms with E-state index in [2.05, 4.69) is 5.32 Å².